The van der Waals surface area contributed by atoms with Gasteiger partial charge >= 0.3 is 24.1 Å². The molecule has 2 aliphatic heterocycles. The van der Waals surface area contributed by atoms with E-state index in [-0.39, 0.29) is 53.5 Å². The zero-order chi connectivity index (χ0) is 61.2. The lowest BCUT2D eigenvalue weighted by Gasteiger charge is -2.28. The number of rotatable bonds is 10. The maximum atomic E-state index is 12.5. The highest BCUT2D eigenvalue weighted by molar-refractivity contribution is 9.11. The van der Waals surface area contributed by atoms with Crippen LogP contribution in [-0.2, 0) is 28.5 Å². The van der Waals surface area contributed by atoms with Crippen molar-refractivity contribution < 1.29 is 53.4 Å². The first-order valence-electron chi connectivity index (χ1n) is 27.9. The van der Waals surface area contributed by atoms with Crippen LogP contribution in [-0.4, -0.2) is 63.9 Å². The molecule has 2 aromatic carbocycles. The lowest BCUT2D eigenvalue weighted by molar-refractivity contribution is -0.143. The number of cyclic esters (lactones) is 2. The molecule has 2 amide bonds. The van der Waals surface area contributed by atoms with E-state index in [2.05, 4.69) is 68.5 Å². The molecule has 0 fully saturated rings. The summed E-state index contributed by atoms with van der Waals surface area (Å²) in [6.45, 7) is 21.8. The molecular weight excluding hydrogens is 1170 g/mol. The first-order chi connectivity index (χ1) is 38.6. The second-order valence-electron chi connectivity index (χ2n) is 22.9. The van der Waals surface area contributed by atoms with Gasteiger partial charge in [-0.2, -0.15) is 0 Å². The van der Waals surface area contributed by atoms with Crippen LogP contribution in [0.25, 0.3) is 0 Å². The average molecular weight is 1260 g/mol. The fourth-order valence-corrected chi connectivity index (χ4v) is 10.1. The van der Waals surface area contributed by atoms with E-state index in [1.807, 2.05) is 118 Å². The molecule has 4 rings (SSSR count). The maximum absolute atomic E-state index is 12.5. The Balaban J connectivity index is 0.000000430. The van der Waals surface area contributed by atoms with Crippen molar-refractivity contribution in [2.45, 2.75) is 151 Å². The van der Waals surface area contributed by atoms with Gasteiger partial charge in [-0.05, 0) is 144 Å². The van der Waals surface area contributed by atoms with Crippen molar-refractivity contribution in [3.63, 3.8) is 0 Å². The number of carbonyl (C=O) groups is 4. The Hall–Kier alpha value is -6.36. The van der Waals surface area contributed by atoms with Gasteiger partial charge in [-0.25, -0.2) is 19.2 Å². The Bertz CT molecular complexity index is 2630. The number of aliphatic hydroxyl groups excluding tert-OH is 2. The predicted octanol–water partition coefficient (Wildman–Crippen LogP) is 14.4. The van der Waals surface area contributed by atoms with E-state index >= 15 is 0 Å². The first-order valence-corrected chi connectivity index (χ1v) is 29.5. The van der Waals surface area contributed by atoms with Crippen molar-refractivity contribution in [1.29, 1.82) is 0 Å². The molecule has 0 saturated heterocycles. The van der Waals surface area contributed by atoms with E-state index < -0.39 is 59.4 Å². The molecule has 3 unspecified atom stereocenters. The van der Waals surface area contributed by atoms with Gasteiger partial charge < -0.3 is 45.7 Å². The van der Waals surface area contributed by atoms with Gasteiger partial charge in [0.25, 0.3) is 0 Å². The predicted molar refractivity (Wildman–Crippen MR) is 332 cm³/mol. The minimum atomic E-state index is -0.870. The third-order valence-electron chi connectivity index (χ3n) is 14.1. The quantitative estimate of drug-likeness (QED) is 0.0652. The third-order valence-corrected chi connectivity index (χ3v) is 16.1. The molecule has 7 N–H and O–H groups in total. The number of halogens is 2. The number of allylic oxidation sites excluding steroid dienone is 8. The summed E-state index contributed by atoms with van der Waals surface area (Å²) in [5.74, 6) is 11.5. The highest BCUT2D eigenvalue weighted by Gasteiger charge is 2.30. The van der Waals surface area contributed by atoms with Gasteiger partial charge in [-0.15, -0.1) is 0 Å². The maximum Gasteiger partial charge on any atom is 0.404 e. The summed E-state index contributed by atoms with van der Waals surface area (Å²) >= 11 is 6.92. The summed E-state index contributed by atoms with van der Waals surface area (Å²) < 4.78 is 23.5. The van der Waals surface area contributed by atoms with E-state index in [1.54, 1.807) is 66.8 Å². The second-order valence-corrected chi connectivity index (χ2v) is 24.4. The molecule has 2 heterocycles. The zero-order valence-electron chi connectivity index (χ0n) is 49.4. The number of hydrogen-bond donors (Lipinski definition) is 5. The SMILES string of the molecule is C[C@H]1C/C=C\C(=O)OC(/C=C/C#C/C=C/C(C)(C)C(O)c2cccc(O)c2Br)[C@H](C)/C=C/[C@@H](C)C[C@@H](OC(N)=O)C1.Cc1cccc(C(O)C(C)(C)/C=C/C#C/C=C/[C@H]2OC(=O)/C=C\C[C@@H](C)C[C@@H](OC(N)=O)C[C@@H](C)/C=C/[C@@H]2C)c1Br. The van der Waals surface area contributed by atoms with Crippen molar-refractivity contribution in [3.05, 3.63) is 159 Å². The van der Waals surface area contributed by atoms with Gasteiger partial charge in [0.05, 0.1) is 16.7 Å². The Labute approximate surface area is 504 Å². The molecular formula is C67H86Br2N2O11. The molecule has 12 atom stereocenters. The topological polar surface area (TPSA) is 218 Å². The van der Waals surface area contributed by atoms with E-state index in [0.29, 0.717) is 48.6 Å². The zero-order valence-corrected chi connectivity index (χ0v) is 52.6. The van der Waals surface area contributed by atoms with Crippen molar-refractivity contribution >= 4 is 56.0 Å². The van der Waals surface area contributed by atoms with Gasteiger partial charge in [0, 0.05) is 39.3 Å². The minimum absolute atomic E-state index is 0.0645. The molecule has 13 nitrogen and oxygen atoms in total. The lowest BCUT2D eigenvalue weighted by Crippen LogP contribution is -2.26. The number of ether oxygens (including phenoxy) is 4. The number of nitrogens with two attached hydrogens (primary N) is 2. The molecule has 0 aliphatic carbocycles. The number of carbonyl (C=O) groups excluding carboxylic acids is 4. The van der Waals surface area contributed by atoms with Crippen LogP contribution in [0.3, 0.4) is 0 Å². The van der Waals surface area contributed by atoms with Crippen LogP contribution < -0.4 is 11.5 Å². The van der Waals surface area contributed by atoms with Gasteiger partial charge in [-0.1, -0.05) is 188 Å². The number of phenols is 1. The summed E-state index contributed by atoms with van der Waals surface area (Å²) in [7, 11) is 0. The average Bonchev–Trinajstić information content (AvgIpc) is 3.56. The number of hydrogen-bond acceptors (Lipinski definition) is 11. The number of aromatic hydroxyl groups is 1. The Morgan fingerprint density at radius 2 is 1.01 bits per heavy atom. The number of aliphatic hydroxyl groups is 2. The Morgan fingerprint density at radius 3 is 1.43 bits per heavy atom. The monoisotopic (exact) mass is 1250 g/mol. The standard InChI is InChI=1S/C34H44BrNO5.C33H42BrNO6/c1-23-13-11-17-30(37)41-29(25(3)19-18-24(2)22-27(21-23)40-33(36)39)16-9-7-8-10-20-34(5,6)32(38)28-15-12-14-26(4)31(28)35;1-22-12-10-16-29(37)41-28(24(3)18-17-23(2)21-25(20-22)40-32(35)39)15-8-6-7-9-19-33(4,5)31(38)26-13-11-14-27(36)30(26)34/h9-12,14-20,23-25,27,29,32,38H,13,21-22H2,1-6H3,(H2,36,39);8-11,13-19,22-25,28,31,36,38H,12,20-21H2,1-5H3,(H2,35,39)/b16-9+,17-11-,19-18+,20-10+;15-8+,16-10-,18-17+,19-9+/t23-,24+,25+,27-,29-,32?;22-,23+,24+,25-,28?,31?/m10/s1. The van der Waals surface area contributed by atoms with E-state index in [4.69, 9.17) is 30.4 Å². The number of aryl methyl sites for hydroxylation is 1. The number of phenolic OH excluding ortho intramolecular Hbond substituents is 1. The van der Waals surface area contributed by atoms with Crippen LogP contribution in [0.4, 0.5) is 9.59 Å². The summed E-state index contributed by atoms with van der Waals surface area (Å²) in [5, 5.41) is 31.8. The van der Waals surface area contributed by atoms with Crippen LogP contribution >= 0.6 is 31.9 Å². The van der Waals surface area contributed by atoms with Crippen molar-refractivity contribution in [2.24, 2.45) is 57.8 Å². The molecule has 0 saturated carbocycles. The molecule has 15 heteroatoms. The van der Waals surface area contributed by atoms with Crippen LogP contribution in [0.2, 0.25) is 0 Å². The highest BCUT2D eigenvalue weighted by atomic mass is 79.9. The molecule has 82 heavy (non-hydrogen) atoms. The smallest absolute Gasteiger partial charge is 0.404 e. The number of esters is 2. The van der Waals surface area contributed by atoms with Crippen molar-refractivity contribution in [3.8, 4) is 29.4 Å². The second kappa shape index (κ2) is 34.9. The van der Waals surface area contributed by atoms with Gasteiger partial charge in [-0.3, -0.25) is 0 Å². The molecule has 0 radical (unpaired) electrons. The lowest BCUT2D eigenvalue weighted by atomic mass is 9.82. The normalized spacial score (nSPS) is 26.8. The number of amides is 2. The summed E-state index contributed by atoms with van der Waals surface area (Å²) in [6.07, 6.45) is 27.6. The summed E-state index contributed by atoms with van der Waals surface area (Å²) in [4.78, 5) is 47.8. The van der Waals surface area contributed by atoms with E-state index in [0.717, 1.165) is 15.6 Å². The molecule has 0 spiro atoms. The van der Waals surface area contributed by atoms with Gasteiger partial charge in [0.15, 0.2) is 0 Å². The summed E-state index contributed by atoms with van der Waals surface area (Å²) in [5.41, 5.74) is 11.8. The van der Waals surface area contributed by atoms with E-state index in [9.17, 15) is 34.5 Å². The number of primary amides is 2. The van der Waals surface area contributed by atoms with Crippen LogP contribution in [0, 0.1) is 76.9 Å². The number of benzene rings is 2. The van der Waals surface area contributed by atoms with Crippen LogP contribution in [0.1, 0.15) is 137 Å². The van der Waals surface area contributed by atoms with Gasteiger partial charge in [0.1, 0.15) is 30.2 Å². The minimum Gasteiger partial charge on any atom is -0.507 e. The van der Waals surface area contributed by atoms with E-state index in [1.165, 1.54) is 12.2 Å². The van der Waals surface area contributed by atoms with Crippen molar-refractivity contribution in [1.82, 2.24) is 0 Å². The Morgan fingerprint density at radius 1 is 0.622 bits per heavy atom. The molecule has 2 aromatic rings. The van der Waals surface area contributed by atoms with Gasteiger partial charge in [0.2, 0.25) is 0 Å². The van der Waals surface area contributed by atoms with Crippen LogP contribution in [0.15, 0.2) is 143 Å². The summed E-state index contributed by atoms with van der Waals surface area (Å²) in [6, 6.07) is 10.8. The Kier molecular flexibility index (Phi) is 29.8. The van der Waals surface area contributed by atoms with Crippen molar-refractivity contribution in [2.75, 3.05) is 0 Å². The fourth-order valence-electron chi connectivity index (χ4n) is 9.13. The molecule has 444 valence electrons. The first kappa shape index (κ1) is 69.9. The molecule has 2 aliphatic rings. The molecule has 0 aromatic heterocycles. The fraction of sp³-hybridized carbons (Fsp3) is 0.463. The molecule has 0 bridgehead atoms. The largest absolute Gasteiger partial charge is 0.507 e. The highest BCUT2D eigenvalue weighted by Crippen LogP contribution is 2.41. The van der Waals surface area contributed by atoms with Crippen LogP contribution in [0.5, 0.6) is 5.75 Å². The third kappa shape index (κ3) is 25.4.